The summed E-state index contributed by atoms with van der Waals surface area (Å²) in [4.78, 5) is 11.2. The number of benzene rings is 1. The largest absolute Gasteiger partial charge is 0.393 e. The van der Waals surface area contributed by atoms with Crippen LogP contribution in [0.1, 0.15) is 50.5 Å². The molecule has 2 rings (SSSR count). The van der Waals surface area contributed by atoms with E-state index < -0.39 is 6.10 Å². The van der Waals surface area contributed by atoms with Gasteiger partial charge in [0.2, 0.25) is 5.91 Å². The van der Waals surface area contributed by atoms with Gasteiger partial charge in [0.15, 0.2) is 0 Å². The lowest BCUT2D eigenvalue weighted by Crippen LogP contribution is -2.17. The molecule has 0 aliphatic heterocycles. The lowest BCUT2D eigenvalue weighted by atomic mass is 9.90. The van der Waals surface area contributed by atoms with Gasteiger partial charge in [-0.1, -0.05) is 54.6 Å². The van der Waals surface area contributed by atoms with E-state index in [2.05, 4.69) is 29.6 Å². The summed E-state index contributed by atoms with van der Waals surface area (Å²) >= 11 is 0. The van der Waals surface area contributed by atoms with Crippen molar-refractivity contribution in [1.29, 1.82) is 0 Å². The molecule has 0 unspecified atom stereocenters. The van der Waals surface area contributed by atoms with Gasteiger partial charge in [0, 0.05) is 19.4 Å². The zero-order valence-corrected chi connectivity index (χ0v) is 17.0. The molecule has 1 aromatic rings. The van der Waals surface area contributed by atoms with Crippen LogP contribution in [0.15, 0.2) is 54.6 Å². The molecule has 3 N–H and O–H groups in total. The van der Waals surface area contributed by atoms with E-state index in [4.69, 9.17) is 0 Å². The summed E-state index contributed by atoms with van der Waals surface area (Å²) in [6.45, 7) is 0. The van der Waals surface area contributed by atoms with Crippen LogP contribution in [-0.4, -0.2) is 35.4 Å². The van der Waals surface area contributed by atoms with Crippen LogP contribution in [0.5, 0.6) is 0 Å². The molecule has 0 radical (unpaired) electrons. The quantitative estimate of drug-likeness (QED) is 0.401. The van der Waals surface area contributed by atoms with Crippen molar-refractivity contribution in [2.24, 2.45) is 11.8 Å². The fourth-order valence-electron chi connectivity index (χ4n) is 3.85. The van der Waals surface area contributed by atoms with E-state index in [9.17, 15) is 15.0 Å². The third-order valence-electron chi connectivity index (χ3n) is 5.61. The minimum atomic E-state index is -0.478. The van der Waals surface area contributed by atoms with Crippen molar-refractivity contribution in [3.8, 4) is 0 Å². The van der Waals surface area contributed by atoms with E-state index in [-0.39, 0.29) is 17.9 Å². The molecule has 0 heterocycles. The van der Waals surface area contributed by atoms with Crippen LogP contribution in [0.3, 0.4) is 0 Å². The standard InChI is InChI=1S/C24H35NO3/c1-25-24(28)12-8-3-2-7-11-20-14-18-23(27)22(20)17-16-21(26)15-13-19-9-5-4-6-10-19/h2,4-7,9-10,16-17,20-23,26-27H,3,8,11-15,18H2,1H3,(H,25,28)/b7-2-,17-16+/t20-,21-,22+,23+/m0/s1. The lowest BCUT2D eigenvalue weighted by Gasteiger charge is -2.18. The van der Waals surface area contributed by atoms with E-state index in [1.54, 1.807) is 7.05 Å². The van der Waals surface area contributed by atoms with Crippen molar-refractivity contribution in [3.05, 3.63) is 60.2 Å². The summed E-state index contributed by atoms with van der Waals surface area (Å²) in [5, 5.41) is 23.2. The molecule has 0 saturated heterocycles. The van der Waals surface area contributed by atoms with Crippen molar-refractivity contribution in [3.63, 3.8) is 0 Å². The van der Waals surface area contributed by atoms with Crippen LogP contribution in [0.25, 0.3) is 0 Å². The van der Waals surface area contributed by atoms with E-state index >= 15 is 0 Å². The maximum Gasteiger partial charge on any atom is 0.219 e. The number of carbonyl (C=O) groups excluding carboxylic acids is 1. The van der Waals surface area contributed by atoms with Crippen LogP contribution in [0.2, 0.25) is 0 Å². The minimum Gasteiger partial charge on any atom is -0.393 e. The number of carbonyl (C=O) groups is 1. The molecule has 1 aromatic carbocycles. The third-order valence-corrected chi connectivity index (χ3v) is 5.61. The Balaban J connectivity index is 1.73. The molecular formula is C24H35NO3. The first kappa shape index (κ1) is 22.4. The van der Waals surface area contributed by atoms with Crippen LogP contribution >= 0.6 is 0 Å². The number of allylic oxidation sites excluding steroid dienone is 2. The number of unbranched alkanes of at least 4 members (excludes halogenated alkanes) is 1. The minimum absolute atomic E-state index is 0.0864. The van der Waals surface area contributed by atoms with Crippen LogP contribution in [0, 0.1) is 11.8 Å². The number of aryl methyl sites for hydroxylation is 1. The second kappa shape index (κ2) is 12.5. The van der Waals surface area contributed by atoms with Gasteiger partial charge in [-0.15, -0.1) is 0 Å². The normalized spacial score (nSPS) is 23.5. The first-order chi connectivity index (χ1) is 13.6. The Morgan fingerprint density at radius 1 is 1.25 bits per heavy atom. The van der Waals surface area contributed by atoms with E-state index in [1.807, 2.05) is 30.4 Å². The molecule has 1 fully saturated rings. The summed E-state index contributed by atoms with van der Waals surface area (Å²) in [6, 6.07) is 10.2. The van der Waals surface area contributed by atoms with Gasteiger partial charge in [-0.25, -0.2) is 0 Å². The van der Waals surface area contributed by atoms with E-state index in [0.29, 0.717) is 18.8 Å². The Morgan fingerprint density at radius 2 is 2.04 bits per heavy atom. The maximum atomic E-state index is 11.2. The second-order valence-electron chi connectivity index (χ2n) is 7.73. The lowest BCUT2D eigenvalue weighted by molar-refractivity contribution is -0.120. The molecule has 28 heavy (non-hydrogen) atoms. The summed E-state index contributed by atoms with van der Waals surface area (Å²) < 4.78 is 0. The highest BCUT2D eigenvalue weighted by Gasteiger charge is 2.32. The smallest absolute Gasteiger partial charge is 0.219 e. The fourth-order valence-corrected chi connectivity index (χ4v) is 3.85. The molecule has 0 bridgehead atoms. The van der Waals surface area contributed by atoms with Crippen molar-refractivity contribution < 1.29 is 15.0 Å². The molecular weight excluding hydrogens is 350 g/mol. The maximum absolute atomic E-state index is 11.2. The molecule has 0 spiro atoms. The Kier molecular flexibility index (Phi) is 10.0. The second-order valence-corrected chi connectivity index (χ2v) is 7.73. The number of hydrogen-bond acceptors (Lipinski definition) is 3. The van der Waals surface area contributed by atoms with Crippen molar-refractivity contribution in [1.82, 2.24) is 5.32 Å². The Hall–Kier alpha value is -1.91. The van der Waals surface area contributed by atoms with Gasteiger partial charge in [-0.2, -0.15) is 0 Å². The summed E-state index contributed by atoms with van der Waals surface area (Å²) in [7, 11) is 1.66. The van der Waals surface area contributed by atoms with Crippen LogP contribution in [0.4, 0.5) is 0 Å². The molecule has 1 aliphatic rings. The number of aliphatic hydroxyl groups excluding tert-OH is 2. The summed E-state index contributed by atoms with van der Waals surface area (Å²) in [5.41, 5.74) is 1.23. The number of amides is 1. The van der Waals surface area contributed by atoms with Crippen molar-refractivity contribution in [2.75, 3.05) is 7.05 Å². The van der Waals surface area contributed by atoms with Gasteiger partial charge in [-0.3, -0.25) is 4.79 Å². The van der Waals surface area contributed by atoms with Crippen LogP contribution < -0.4 is 5.32 Å². The molecule has 1 aliphatic carbocycles. The van der Waals surface area contributed by atoms with Gasteiger partial charge < -0.3 is 15.5 Å². The molecule has 1 saturated carbocycles. The van der Waals surface area contributed by atoms with Crippen LogP contribution in [-0.2, 0) is 11.2 Å². The highest BCUT2D eigenvalue weighted by Crippen LogP contribution is 2.36. The molecule has 0 aromatic heterocycles. The predicted octanol–water partition coefficient (Wildman–Crippen LogP) is 3.79. The Labute approximate surface area is 169 Å². The highest BCUT2D eigenvalue weighted by molar-refractivity contribution is 5.75. The average molecular weight is 386 g/mol. The number of aliphatic hydroxyl groups is 2. The first-order valence-electron chi connectivity index (χ1n) is 10.5. The summed E-state index contributed by atoms with van der Waals surface area (Å²) in [5.74, 6) is 0.619. The van der Waals surface area contributed by atoms with Gasteiger partial charge in [-0.05, 0) is 56.4 Å². The predicted molar refractivity (Wildman–Crippen MR) is 114 cm³/mol. The van der Waals surface area contributed by atoms with E-state index in [1.165, 1.54) is 5.56 Å². The van der Waals surface area contributed by atoms with Gasteiger partial charge >= 0.3 is 0 Å². The Bertz CT molecular complexity index is 626. The molecule has 154 valence electrons. The highest BCUT2D eigenvalue weighted by atomic mass is 16.3. The van der Waals surface area contributed by atoms with E-state index in [0.717, 1.165) is 38.5 Å². The average Bonchev–Trinajstić information content (AvgIpc) is 3.07. The fraction of sp³-hybridized carbons (Fsp3) is 0.542. The first-order valence-corrected chi connectivity index (χ1v) is 10.5. The van der Waals surface area contributed by atoms with Gasteiger partial charge in [0.1, 0.15) is 0 Å². The molecule has 4 heteroatoms. The monoisotopic (exact) mass is 385 g/mol. The number of rotatable bonds is 11. The number of nitrogens with one attached hydrogen (secondary N) is 1. The zero-order chi connectivity index (χ0) is 20.2. The topological polar surface area (TPSA) is 69.6 Å². The molecule has 4 atom stereocenters. The third kappa shape index (κ3) is 7.99. The zero-order valence-electron chi connectivity index (χ0n) is 17.0. The van der Waals surface area contributed by atoms with Gasteiger partial charge in [0.25, 0.3) is 0 Å². The molecule has 1 amide bonds. The number of hydrogen-bond donors (Lipinski definition) is 3. The van der Waals surface area contributed by atoms with Gasteiger partial charge in [0.05, 0.1) is 12.2 Å². The Morgan fingerprint density at radius 3 is 2.79 bits per heavy atom. The van der Waals surface area contributed by atoms with Crippen molar-refractivity contribution >= 4 is 5.91 Å². The molecule has 4 nitrogen and oxygen atoms in total. The van der Waals surface area contributed by atoms with Crippen molar-refractivity contribution in [2.45, 2.75) is 63.6 Å². The SMILES string of the molecule is CNC(=O)CCC/C=C\C[C@H]1CC[C@@H](O)[C@@H]1/C=C/[C@@H](O)CCc1ccccc1. The summed E-state index contributed by atoms with van der Waals surface area (Å²) in [6.07, 6.45) is 14.1.